The number of carbonyl (C=O) groups is 1. The van der Waals surface area contributed by atoms with Crippen LogP contribution in [0.4, 0.5) is 0 Å². The van der Waals surface area contributed by atoms with Crippen molar-refractivity contribution in [2.24, 2.45) is 0 Å². The molecule has 2 N–H and O–H groups in total. The highest BCUT2D eigenvalue weighted by Gasteiger charge is 2.03. The Labute approximate surface area is 94.9 Å². The lowest BCUT2D eigenvalue weighted by Crippen LogP contribution is -2.11. The van der Waals surface area contributed by atoms with Crippen molar-refractivity contribution in [1.82, 2.24) is 10.6 Å². The largest absolute Gasteiger partial charge is 0.370 e. The molecule has 1 aromatic carbocycles. The van der Waals surface area contributed by atoms with Gasteiger partial charge in [-0.1, -0.05) is 36.4 Å². The molecule has 1 heterocycles. The topological polar surface area (TPSA) is 41.1 Å². The van der Waals surface area contributed by atoms with Gasteiger partial charge < -0.3 is 10.6 Å². The molecular formula is C13H14N2O. The van der Waals surface area contributed by atoms with Crippen LogP contribution in [0.2, 0.25) is 0 Å². The minimum absolute atomic E-state index is 0.0132. The van der Waals surface area contributed by atoms with E-state index in [1.807, 2.05) is 36.4 Å². The fourth-order valence-electron chi connectivity index (χ4n) is 1.49. The van der Waals surface area contributed by atoms with Crippen LogP contribution in [0.15, 0.2) is 48.3 Å². The zero-order valence-electron chi connectivity index (χ0n) is 8.94. The van der Waals surface area contributed by atoms with Crippen LogP contribution in [0.1, 0.15) is 5.56 Å². The minimum atomic E-state index is -0.0132. The van der Waals surface area contributed by atoms with Gasteiger partial charge in [0.2, 0.25) is 0 Å². The van der Waals surface area contributed by atoms with Crippen LogP contribution < -0.4 is 10.6 Å². The normalized spacial score (nSPS) is 14.6. The first-order valence-corrected chi connectivity index (χ1v) is 5.31. The molecule has 1 fully saturated rings. The minimum Gasteiger partial charge on any atom is -0.370 e. The molecule has 1 saturated heterocycles. The molecule has 0 atom stereocenters. The number of rotatable bonds is 3. The Kier molecular flexibility index (Phi) is 3.38. The second-order valence-corrected chi connectivity index (χ2v) is 3.56. The summed E-state index contributed by atoms with van der Waals surface area (Å²) in [5, 5.41) is 6.16. The molecule has 1 aliphatic heterocycles. The Morgan fingerprint density at radius 3 is 2.50 bits per heavy atom. The Bertz CT molecular complexity index is 413. The number of ketones is 1. The summed E-state index contributed by atoms with van der Waals surface area (Å²) in [4.78, 5) is 11.5. The molecule has 0 bridgehead atoms. The molecule has 2 rings (SSSR count). The van der Waals surface area contributed by atoms with Crippen molar-refractivity contribution < 1.29 is 4.79 Å². The van der Waals surface area contributed by atoms with Gasteiger partial charge in [-0.2, -0.15) is 0 Å². The molecule has 0 aliphatic carbocycles. The van der Waals surface area contributed by atoms with Gasteiger partial charge in [-0.25, -0.2) is 0 Å². The molecule has 0 unspecified atom stereocenters. The maximum absolute atomic E-state index is 11.5. The first-order chi connectivity index (χ1) is 7.84. The van der Waals surface area contributed by atoms with E-state index < -0.39 is 0 Å². The van der Waals surface area contributed by atoms with Crippen molar-refractivity contribution in [3.63, 3.8) is 0 Å². The Hall–Kier alpha value is -2.03. The number of benzene rings is 1. The number of allylic oxidation sites excluding steroid dienone is 2. The van der Waals surface area contributed by atoms with Crippen molar-refractivity contribution >= 4 is 11.9 Å². The highest BCUT2D eigenvalue weighted by atomic mass is 16.1. The van der Waals surface area contributed by atoms with E-state index in [2.05, 4.69) is 10.6 Å². The predicted octanol–water partition coefficient (Wildman–Crippen LogP) is 1.30. The molecule has 82 valence electrons. The maximum atomic E-state index is 11.5. The van der Waals surface area contributed by atoms with Gasteiger partial charge in [-0.3, -0.25) is 4.79 Å². The molecular weight excluding hydrogens is 200 g/mol. The molecule has 3 nitrogen and oxygen atoms in total. The lowest BCUT2D eigenvalue weighted by atomic mass is 10.2. The summed E-state index contributed by atoms with van der Waals surface area (Å²) in [6.45, 7) is 1.75. The number of hydrogen-bond donors (Lipinski definition) is 2. The van der Waals surface area contributed by atoms with E-state index in [0.29, 0.717) is 0 Å². The summed E-state index contributed by atoms with van der Waals surface area (Å²) in [5.74, 6) is 0.795. The van der Waals surface area contributed by atoms with Crippen LogP contribution >= 0.6 is 0 Å². The average molecular weight is 214 g/mol. The molecule has 3 heteroatoms. The fourth-order valence-corrected chi connectivity index (χ4v) is 1.49. The zero-order valence-corrected chi connectivity index (χ0v) is 8.94. The van der Waals surface area contributed by atoms with Crippen LogP contribution in [0.5, 0.6) is 0 Å². The molecule has 0 radical (unpaired) electrons. The third-order valence-corrected chi connectivity index (χ3v) is 2.28. The SMILES string of the molecule is O=C(C=C1NCCN1)/C=C/c1ccccc1. The van der Waals surface area contributed by atoms with E-state index in [-0.39, 0.29) is 5.78 Å². The third kappa shape index (κ3) is 2.98. The van der Waals surface area contributed by atoms with Crippen LogP contribution in [-0.2, 0) is 4.79 Å². The average Bonchev–Trinajstić information content (AvgIpc) is 2.81. The number of nitrogens with one attached hydrogen (secondary N) is 2. The zero-order chi connectivity index (χ0) is 11.2. The van der Waals surface area contributed by atoms with E-state index in [1.54, 1.807) is 12.2 Å². The van der Waals surface area contributed by atoms with Crippen molar-refractivity contribution in [3.05, 3.63) is 53.9 Å². The quantitative estimate of drug-likeness (QED) is 0.745. The lowest BCUT2D eigenvalue weighted by molar-refractivity contribution is -0.110. The molecule has 1 aromatic rings. The van der Waals surface area contributed by atoms with Crippen molar-refractivity contribution in [1.29, 1.82) is 0 Å². The van der Waals surface area contributed by atoms with E-state index in [1.165, 1.54) is 0 Å². The van der Waals surface area contributed by atoms with Gasteiger partial charge in [-0.05, 0) is 11.6 Å². The monoisotopic (exact) mass is 214 g/mol. The second kappa shape index (κ2) is 5.16. The van der Waals surface area contributed by atoms with Crippen LogP contribution in [0, 0.1) is 0 Å². The Balaban J connectivity index is 1.97. The molecule has 0 saturated carbocycles. The van der Waals surface area contributed by atoms with E-state index >= 15 is 0 Å². The third-order valence-electron chi connectivity index (χ3n) is 2.28. The molecule has 16 heavy (non-hydrogen) atoms. The van der Waals surface area contributed by atoms with E-state index in [9.17, 15) is 4.79 Å². The summed E-state index contributed by atoms with van der Waals surface area (Å²) < 4.78 is 0. The van der Waals surface area contributed by atoms with Gasteiger partial charge in [0.1, 0.15) is 5.82 Å². The lowest BCUT2D eigenvalue weighted by Gasteiger charge is -1.96. The van der Waals surface area contributed by atoms with E-state index in [0.717, 1.165) is 24.5 Å². The smallest absolute Gasteiger partial charge is 0.182 e. The predicted molar refractivity (Wildman–Crippen MR) is 64.6 cm³/mol. The Morgan fingerprint density at radius 1 is 1.12 bits per heavy atom. The van der Waals surface area contributed by atoms with E-state index in [4.69, 9.17) is 0 Å². The second-order valence-electron chi connectivity index (χ2n) is 3.56. The summed E-state index contributed by atoms with van der Waals surface area (Å²) >= 11 is 0. The molecule has 0 aromatic heterocycles. The first kappa shape index (κ1) is 10.5. The summed E-state index contributed by atoms with van der Waals surface area (Å²) in [7, 11) is 0. The molecule has 0 spiro atoms. The number of hydrogen-bond acceptors (Lipinski definition) is 3. The van der Waals surface area contributed by atoms with Crippen LogP contribution in [0.25, 0.3) is 6.08 Å². The van der Waals surface area contributed by atoms with Crippen molar-refractivity contribution in [2.45, 2.75) is 0 Å². The summed E-state index contributed by atoms with van der Waals surface area (Å²) in [6.07, 6.45) is 4.96. The highest BCUT2D eigenvalue weighted by Crippen LogP contribution is 2.01. The summed E-state index contributed by atoms with van der Waals surface area (Å²) in [5.41, 5.74) is 1.03. The van der Waals surface area contributed by atoms with Crippen molar-refractivity contribution in [2.75, 3.05) is 13.1 Å². The van der Waals surface area contributed by atoms with Gasteiger partial charge in [0, 0.05) is 19.2 Å². The maximum Gasteiger partial charge on any atom is 0.182 e. The van der Waals surface area contributed by atoms with Crippen LogP contribution in [-0.4, -0.2) is 18.9 Å². The standard InChI is InChI=1S/C13H14N2O/c16-12(10-13-14-8-9-15-13)7-6-11-4-2-1-3-5-11/h1-7,10,14-15H,8-9H2/b7-6+. The molecule has 1 aliphatic rings. The number of carbonyl (C=O) groups excluding carboxylic acids is 1. The first-order valence-electron chi connectivity index (χ1n) is 5.31. The van der Waals surface area contributed by atoms with Crippen molar-refractivity contribution in [3.8, 4) is 0 Å². The molecule has 0 amide bonds. The Morgan fingerprint density at radius 2 is 1.81 bits per heavy atom. The van der Waals surface area contributed by atoms with Gasteiger partial charge in [0.05, 0.1) is 0 Å². The fraction of sp³-hybridized carbons (Fsp3) is 0.154. The highest BCUT2D eigenvalue weighted by molar-refractivity contribution is 6.02. The van der Waals surface area contributed by atoms with Crippen LogP contribution in [0.3, 0.4) is 0 Å². The van der Waals surface area contributed by atoms with Gasteiger partial charge in [-0.15, -0.1) is 0 Å². The van der Waals surface area contributed by atoms with Gasteiger partial charge >= 0.3 is 0 Å². The summed E-state index contributed by atoms with van der Waals surface area (Å²) in [6, 6.07) is 9.77. The van der Waals surface area contributed by atoms with Gasteiger partial charge in [0.25, 0.3) is 0 Å². The van der Waals surface area contributed by atoms with Gasteiger partial charge in [0.15, 0.2) is 5.78 Å².